The first-order valence-corrected chi connectivity index (χ1v) is 13.2. The summed E-state index contributed by atoms with van der Waals surface area (Å²) in [6.07, 6.45) is 29.5. The number of anilines is 3. The van der Waals surface area contributed by atoms with Crippen LogP contribution in [0.3, 0.4) is 0 Å². The van der Waals surface area contributed by atoms with E-state index in [1.807, 2.05) is 61.3 Å². The second-order valence-electron chi connectivity index (χ2n) is 10.1. The van der Waals surface area contributed by atoms with Gasteiger partial charge in [-0.15, -0.1) is 0 Å². The summed E-state index contributed by atoms with van der Waals surface area (Å²) in [7, 11) is 0. The van der Waals surface area contributed by atoms with E-state index in [4.69, 9.17) is 4.99 Å². The van der Waals surface area contributed by atoms with Crippen molar-refractivity contribution in [1.82, 2.24) is 9.97 Å². The molecule has 2 atom stereocenters. The van der Waals surface area contributed by atoms with E-state index in [9.17, 15) is 0 Å². The molecule has 0 N–H and O–H groups in total. The Morgan fingerprint density at radius 1 is 0.641 bits per heavy atom. The van der Waals surface area contributed by atoms with Crippen molar-refractivity contribution < 1.29 is 0 Å². The fourth-order valence-electron chi connectivity index (χ4n) is 6.30. The third-order valence-electron chi connectivity index (χ3n) is 8.03. The molecule has 3 heterocycles. The lowest BCUT2D eigenvalue weighted by molar-refractivity contribution is 0.786. The number of nitrogens with zero attached hydrogens (tertiary/aromatic N) is 4. The predicted octanol–water partition coefficient (Wildman–Crippen LogP) is 7.57. The van der Waals surface area contributed by atoms with Crippen LogP contribution in [0.2, 0.25) is 0 Å². The predicted molar refractivity (Wildman–Crippen MR) is 158 cm³/mol. The number of hydrogen-bond acceptors (Lipinski definition) is 4. The first-order chi connectivity index (χ1) is 19.3. The lowest BCUT2D eigenvalue weighted by Crippen LogP contribution is -2.29. The summed E-state index contributed by atoms with van der Waals surface area (Å²) in [5.41, 5.74) is 13.7. The Bertz CT molecular complexity index is 1740. The van der Waals surface area contributed by atoms with Gasteiger partial charge in [-0.1, -0.05) is 54.7 Å². The van der Waals surface area contributed by atoms with Crippen molar-refractivity contribution in [3.05, 3.63) is 167 Å². The Kier molecular flexibility index (Phi) is 4.92. The SMILES string of the molecule is C1=CC2=CC3=C4C(=CC=C5C=CC(c6ccc(N(c7ccncc7)c7ccncc7)cc6)=C(C=C3)C54)C2N=C1. The molecule has 3 aromatic rings. The van der Waals surface area contributed by atoms with Gasteiger partial charge in [-0.25, -0.2) is 0 Å². The summed E-state index contributed by atoms with van der Waals surface area (Å²) in [6, 6.07) is 17.1. The number of hydrogen-bond donors (Lipinski definition) is 0. The van der Waals surface area contributed by atoms with Crippen molar-refractivity contribution in [2.45, 2.75) is 6.04 Å². The molecule has 5 aliphatic rings. The molecule has 4 heteroatoms. The molecule has 1 aliphatic heterocycles. The lowest BCUT2D eigenvalue weighted by atomic mass is 9.65. The smallest absolute Gasteiger partial charge is 0.100 e. The van der Waals surface area contributed by atoms with Gasteiger partial charge in [0.05, 0.1) is 0 Å². The number of aliphatic imine (C=N–C) groups is 1. The standard InChI is InChI=1S/C35H24N4/c1-2-26-22-25-7-11-31-30(10-5-24-6-12-32(34(25)33(24)31)35(26)38-17-1)23-3-8-27(9-4-23)39(28-13-18-36-19-14-28)29-15-20-37-21-16-29/h1-22,33,35H. The Labute approximate surface area is 227 Å². The molecule has 1 aromatic carbocycles. The largest absolute Gasteiger partial charge is 0.310 e. The molecule has 4 aliphatic carbocycles. The molecular formula is C35H24N4. The zero-order chi connectivity index (χ0) is 25.8. The van der Waals surface area contributed by atoms with E-state index in [0.717, 1.165) is 17.1 Å². The molecule has 0 saturated carbocycles. The number of dihydropyridines is 1. The molecule has 0 spiro atoms. The third kappa shape index (κ3) is 3.49. The van der Waals surface area contributed by atoms with E-state index in [1.165, 1.54) is 44.6 Å². The maximum atomic E-state index is 4.83. The maximum Gasteiger partial charge on any atom is 0.100 e. The average molecular weight is 501 g/mol. The minimum Gasteiger partial charge on any atom is -0.310 e. The van der Waals surface area contributed by atoms with Crippen molar-refractivity contribution in [3.63, 3.8) is 0 Å². The third-order valence-corrected chi connectivity index (χ3v) is 8.03. The molecule has 2 aromatic heterocycles. The molecule has 2 unspecified atom stereocenters. The van der Waals surface area contributed by atoms with E-state index in [2.05, 4.69) is 87.7 Å². The van der Waals surface area contributed by atoms with Crippen LogP contribution in [-0.2, 0) is 0 Å². The molecule has 8 rings (SSSR count). The first-order valence-electron chi connectivity index (χ1n) is 13.2. The molecule has 0 saturated heterocycles. The molecule has 184 valence electrons. The summed E-state index contributed by atoms with van der Waals surface area (Å²) >= 11 is 0. The van der Waals surface area contributed by atoms with E-state index in [1.54, 1.807) is 0 Å². The number of pyridine rings is 2. The van der Waals surface area contributed by atoms with Crippen LogP contribution in [0.1, 0.15) is 5.56 Å². The van der Waals surface area contributed by atoms with Crippen LogP contribution in [0.4, 0.5) is 17.1 Å². The van der Waals surface area contributed by atoms with Crippen LogP contribution in [0.15, 0.2) is 166 Å². The monoisotopic (exact) mass is 500 g/mol. The summed E-state index contributed by atoms with van der Waals surface area (Å²) < 4.78 is 0. The van der Waals surface area contributed by atoms with Crippen molar-refractivity contribution in [2.24, 2.45) is 10.9 Å². The zero-order valence-corrected chi connectivity index (χ0v) is 21.1. The topological polar surface area (TPSA) is 41.4 Å². The minimum absolute atomic E-state index is 0.0975. The number of aromatic nitrogens is 2. The van der Waals surface area contributed by atoms with Crippen molar-refractivity contribution in [3.8, 4) is 0 Å². The second-order valence-corrected chi connectivity index (χ2v) is 10.1. The van der Waals surface area contributed by atoms with Crippen LogP contribution in [-0.4, -0.2) is 22.2 Å². The van der Waals surface area contributed by atoms with Crippen LogP contribution < -0.4 is 4.90 Å². The van der Waals surface area contributed by atoms with E-state index >= 15 is 0 Å². The highest BCUT2D eigenvalue weighted by Gasteiger charge is 2.38. The van der Waals surface area contributed by atoms with Gasteiger partial charge in [-0.2, -0.15) is 0 Å². The quantitative estimate of drug-likeness (QED) is 0.371. The van der Waals surface area contributed by atoms with Gasteiger partial charge in [-0.3, -0.25) is 15.0 Å². The molecular weight excluding hydrogens is 476 g/mol. The van der Waals surface area contributed by atoms with Gasteiger partial charge >= 0.3 is 0 Å². The Balaban J connectivity index is 1.20. The Morgan fingerprint density at radius 2 is 1.36 bits per heavy atom. The van der Waals surface area contributed by atoms with Crippen LogP contribution in [0.5, 0.6) is 0 Å². The first kappa shape index (κ1) is 21.9. The molecule has 39 heavy (non-hydrogen) atoms. The van der Waals surface area contributed by atoms with Gasteiger partial charge < -0.3 is 4.90 Å². The molecule has 0 amide bonds. The van der Waals surface area contributed by atoms with Crippen molar-refractivity contribution >= 4 is 28.8 Å². The van der Waals surface area contributed by atoms with Gasteiger partial charge in [0.25, 0.3) is 0 Å². The molecule has 0 fully saturated rings. The lowest BCUT2D eigenvalue weighted by Gasteiger charge is -2.39. The van der Waals surface area contributed by atoms with E-state index in [-0.39, 0.29) is 12.0 Å². The second kappa shape index (κ2) is 8.74. The zero-order valence-electron chi connectivity index (χ0n) is 21.1. The van der Waals surface area contributed by atoms with Crippen LogP contribution in [0.25, 0.3) is 5.57 Å². The van der Waals surface area contributed by atoms with Gasteiger partial charge in [0.15, 0.2) is 0 Å². The summed E-state index contributed by atoms with van der Waals surface area (Å²) in [4.78, 5) is 15.5. The number of fused-ring (bicyclic) bond motifs is 2. The van der Waals surface area contributed by atoms with E-state index in [0.29, 0.717) is 0 Å². The average Bonchev–Trinajstić information content (AvgIpc) is 3.01. The highest BCUT2D eigenvalue weighted by molar-refractivity contribution is 5.88. The highest BCUT2D eigenvalue weighted by atomic mass is 15.1. The molecule has 4 nitrogen and oxygen atoms in total. The number of rotatable bonds is 4. The number of allylic oxidation sites excluding steroid dienone is 12. The summed E-state index contributed by atoms with van der Waals surface area (Å²) in [6.45, 7) is 0. The fourth-order valence-corrected chi connectivity index (χ4v) is 6.30. The van der Waals surface area contributed by atoms with Gasteiger partial charge in [-0.05, 0) is 93.1 Å². The van der Waals surface area contributed by atoms with Crippen LogP contribution in [0, 0.1) is 5.92 Å². The van der Waals surface area contributed by atoms with E-state index < -0.39 is 0 Å². The maximum absolute atomic E-state index is 4.83. The van der Waals surface area contributed by atoms with Crippen molar-refractivity contribution in [1.29, 1.82) is 0 Å². The van der Waals surface area contributed by atoms with Crippen molar-refractivity contribution in [2.75, 3.05) is 4.90 Å². The van der Waals surface area contributed by atoms with Crippen LogP contribution >= 0.6 is 0 Å². The number of benzene rings is 1. The Hall–Kier alpha value is -5.09. The fraction of sp³-hybridized carbons (Fsp3) is 0.0571. The van der Waals surface area contributed by atoms with Gasteiger partial charge in [0.2, 0.25) is 0 Å². The normalized spacial score (nSPS) is 21.7. The highest BCUT2D eigenvalue weighted by Crippen LogP contribution is 2.51. The van der Waals surface area contributed by atoms with Gasteiger partial charge in [0, 0.05) is 54.0 Å². The Morgan fingerprint density at radius 3 is 2.10 bits per heavy atom. The summed E-state index contributed by atoms with van der Waals surface area (Å²) in [5, 5.41) is 0. The minimum atomic E-state index is 0.0975. The molecule has 0 bridgehead atoms. The summed E-state index contributed by atoms with van der Waals surface area (Å²) in [5.74, 6) is 0.244. The molecule has 0 radical (unpaired) electrons. The van der Waals surface area contributed by atoms with Gasteiger partial charge in [0.1, 0.15) is 6.04 Å².